The number of halogens is 4. The van der Waals surface area contributed by atoms with Gasteiger partial charge in [-0.15, -0.1) is 0 Å². The van der Waals surface area contributed by atoms with E-state index in [0.29, 0.717) is 11.1 Å². The van der Waals surface area contributed by atoms with Crippen molar-refractivity contribution >= 4 is 0 Å². The van der Waals surface area contributed by atoms with Crippen molar-refractivity contribution in [3.05, 3.63) is 83.9 Å². The summed E-state index contributed by atoms with van der Waals surface area (Å²) in [5.74, 6) is 1.60. The second kappa shape index (κ2) is 13.2. The van der Waals surface area contributed by atoms with Crippen molar-refractivity contribution in [3.63, 3.8) is 0 Å². The number of benzene rings is 3. The lowest BCUT2D eigenvalue weighted by Crippen LogP contribution is -2.22. The van der Waals surface area contributed by atoms with E-state index in [-0.39, 0.29) is 17.1 Å². The van der Waals surface area contributed by atoms with Crippen LogP contribution < -0.4 is 9.47 Å². The first kappa shape index (κ1) is 28.0. The summed E-state index contributed by atoms with van der Waals surface area (Å²) in [5.41, 5.74) is 1.82. The van der Waals surface area contributed by atoms with Crippen LogP contribution in [0.15, 0.2) is 72.8 Å². The van der Waals surface area contributed by atoms with E-state index in [9.17, 15) is 8.78 Å². The Morgan fingerprint density at radius 3 is 2.08 bits per heavy atom. The zero-order valence-electron chi connectivity index (χ0n) is 21.9. The van der Waals surface area contributed by atoms with Gasteiger partial charge >= 0.3 is 12.7 Å². The molecule has 0 bridgehead atoms. The van der Waals surface area contributed by atoms with Crippen LogP contribution in [0.25, 0.3) is 11.1 Å². The van der Waals surface area contributed by atoms with Crippen LogP contribution in [-0.2, 0) is 12.5 Å². The van der Waals surface area contributed by atoms with Crippen LogP contribution in [-0.4, -0.2) is 6.61 Å². The summed E-state index contributed by atoms with van der Waals surface area (Å²) < 4.78 is 64.7. The second-order valence-corrected chi connectivity index (χ2v) is 10.3. The molecule has 0 spiro atoms. The Kier molecular flexibility index (Phi) is 9.70. The fraction of sp³-hybridized carbons (Fsp3) is 0.438. The molecule has 0 atom stereocenters. The Hall–Kier alpha value is -3.02. The zero-order valence-corrected chi connectivity index (χ0v) is 21.9. The summed E-state index contributed by atoms with van der Waals surface area (Å²) in [6.07, 6.45) is 7.60. The molecule has 0 unspecified atom stereocenters. The summed E-state index contributed by atoms with van der Waals surface area (Å²) in [5, 5.41) is 0. The molecule has 38 heavy (non-hydrogen) atoms. The number of aryl methyl sites for hydroxylation is 1. The zero-order chi connectivity index (χ0) is 27.0. The Bertz CT molecular complexity index is 1120. The molecular weight excluding hydrogens is 492 g/mol. The molecule has 0 radical (unpaired) electrons. The van der Waals surface area contributed by atoms with Gasteiger partial charge in [-0.2, -0.15) is 17.6 Å². The fourth-order valence-corrected chi connectivity index (χ4v) is 5.34. The Labute approximate surface area is 223 Å². The highest BCUT2D eigenvalue weighted by molar-refractivity contribution is 5.71. The van der Waals surface area contributed by atoms with E-state index in [4.69, 9.17) is 4.74 Å². The second-order valence-electron chi connectivity index (χ2n) is 10.3. The minimum atomic E-state index is -3.54. The van der Waals surface area contributed by atoms with Crippen LogP contribution in [0.5, 0.6) is 11.5 Å². The molecule has 3 aromatic carbocycles. The number of rotatable bonds is 12. The number of unbranched alkanes of at least 4 members (excludes halogenated alkanes) is 1. The first-order chi connectivity index (χ1) is 18.3. The molecule has 4 rings (SSSR count). The normalized spacial score (nSPS) is 17.9. The van der Waals surface area contributed by atoms with Gasteiger partial charge in [-0.05, 0) is 66.1 Å². The van der Waals surface area contributed by atoms with Gasteiger partial charge in [0.2, 0.25) is 0 Å². The van der Waals surface area contributed by atoms with Gasteiger partial charge in [0, 0.05) is 5.56 Å². The number of ether oxygens (including phenoxy) is 2. The quantitative estimate of drug-likeness (QED) is 0.218. The SMILES string of the molecule is CCCCC1CCC(CCc2ccc(C(F)(F)Oc3ccccc3-c3ccc(OC(F)F)cc3)cc2)CC1. The molecule has 2 nitrogen and oxygen atoms in total. The maximum atomic E-state index is 15.2. The molecular formula is C32H36F4O2. The van der Waals surface area contributed by atoms with Crippen LogP contribution in [0, 0.1) is 11.8 Å². The third-order valence-electron chi connectivity index (χ3n) is 7.58. The van der Waals surface area contributed by atoms with E-state index in [1.807, 2.05) is 0 Å². The molecule has 0 aromatic heterocycles. The van der Waals surface area contributed by atoms with Crippen molar-refractivity contribution in [2.75, 3.05) is 0 Å². The van der Waals surface area contributed by atoms with E-state index in [1.54, 1.807) is 30.3 Å². The van der Waals surface area contributed by atoms with Crippen LogP contribution >= 0.6 is 0 Å². The summed E-state index contributed by atoms with van der Waals surface area (Å²) in [4.78, 5) is 0. The lowest BCUT2D eigenvalue weighted by Gasteiger charge is -2.28. The van der Waals surface area contributed by atoms with Crippen molar-refractivity contribution in [2.24, 2.45) is 11.8 Å². The average Bonchev–Trinajstić information content (AvgIpc) is 2.92. The Balaban J connectivity index is 1.35. The van der Waals surface area contributed by atoms with Gasteiger partial charge in [-0.3, -0.25) is 0 Å². The summed E-state index contributed by atoms with van der Waals surface area (Å²) in [6.45, 7) is -0.687. The predicted octanol–water partition coefficient (Wildman–Crippen LogP) is 10.0. The maximum Gasteiger partial charge on any atom is 0.426 e. The molecule has 1 saturated carbocycles. The number of hydrogen-bond acceptors (Lipinski definition) is 2. The molecule has 0 N–H and O–H groups in total. The van der Waals surface area contributed by atoms with Crippen LogP contribution in [0.1, 0.15) is 69.4 Å². The minimum absolute atomic E-state index is 0.00126. The van der Waals surface area contributed by atoms with Crippen LogP contribution in [0.2, 0.25) is 0 Å². The van der Waals surface area contributed by atoms with Crippen molar-refractivity contribution < 1.29 is 27.0 Å². The standard InChI is InChI=1S/C32H36F4O2/c1-2-3-6-23-9-11-24(12-10-23)13-14-25-15-19-27(20-16-25)32(35,36)38-30-8-5-4-7-29(30)26-17-21-28(22-18-26)37-31(33)34/h4-5,7-8,15-24,31H,2-3,6,9-14H2,1H3. The lowest BCUT2D eigenvalue weighted by molar-refractivity contribution is -0.185. The highest BCUT2D eigenvalue weighted by Gasteiger charge is 2.35. The largest absolute Gasteiger partial charge is 0.435 e. The third-order valence-corrected chi connectivity index (χ3v) is 7.58. The molecule has 1 fully saturated rings. The molecule has 1 aliphatic carbocycles. The maximum absolute atomic E-state index is 15.2. The van der Waals surface area contributed by atoms with Crippen LogP contribution in [0.4, 0.5) is 17.6 Å². The molecule has 0 saturated heterocycles. The molecule has 6 heteroatoms. The Morgan fingerprint density at radius 2 is 1.45 bits per heavy atom. The first-order valence-electron chi connectivity index (χ1n) is 13.6. The molecule has 3 aromatic rings. The fourth-order valence-electron chi connectivity index (χ4n) is 5.34. The van der Waals surface area contributed by atoms with Gasteiger partial charge < -0.3 is 9.47 Å². The summed E-state index contributed by atoms with van der Waals surface area (Å²) in [6, 6.07) is 18.7. The van der Waals surface area contributed by atoms with Crippen molar-refractivity contribution in [3.8, 4) is 22.6 Å². The molecule has 0 amide bonds. The minimum Gasteiger partial charge on any atom is -0.435 e. The lowest BCUT2D eigenvalue weighted by atomic mass is 9.78. The third kappa shape index (κ3) is 7.75. The molecule has 204 valence electrons. The number of para-hydroxylation sites is 1. The van der Waals surface area contributed by atoms with Crippen LogP contribution in [0.3, 0.4) is 0 Å². The molecule has 1 aliphatic rings. The van der Waals surface area contributed by atoms with Gasteiger partial charge in [0.25, 0.3) is 0 Å². The molecule has 0 aliphatic heterocycles. The predicted molar refractivity (Wildman–Crippen MR) is 143 cm³/mol. The van der Waals surface area contributed by atoms with E-state index in [0.717, 1.165) is 30.2 Å². The average molecular weight is 529 g/mol. The van der Waals surface area contributed by atoms with Gasteiger partial charge in [0.05, 0.1) is 5.56 Å². The highest BCUT2D eigenvalue weighted by atomic mass is 19.3. The highest BCUT2D eigenvalue weighted by Crippen LogP contribution is 2.38. The van der Waals surface area contributed by atoms with E-state index >= 15 is 8.78 Å². The van der Waals surface area contributed by atoms with Crippen molar-refractivity contribution in [1.29, 1.82) is 0 Å². The number of alkyl halides is 4. The smallest absolute Gasteiger partial charge is 0.426 e. The summed E-state index contributed by atoms with van der Waals surface area (Å²) >= 11 is 0. The first-order valence-corrected chi connectivity index (χ1v) is 13.6. The van der Waals surface area contributed by atoms with Crippen molar-refractivity contribution in [1.82, 2.24) is 0 Å². The van der Waals surface area contributed by atoms with Gasteiger partial charge in [-0.25, -0.2) is 0 Å². The van der Waals surface area contributed by atoms with E-state index < -0.39 is 12.7 Å². The number of hydrogen-bond donors (Lipinski definition) is 0. The van der Waals surface area contributed by atoms with Gasteiger partial charge in [-0.1, -0.05) is 94.3 Å². The van der Waals surface area contributed by atoms with Crippen molar-refractivity contribution in [2.45, 2.75) is 77.4 Å². The summed E-state index contributed by atoms with van der Waals surface area (Å²) in [7, 11) is 0. The van der Waals surface area contributed by atoms with Gasteiger partial charge in [0.1, 0.15) is 11.5 Å². The van der Waals surface area contributed by atoms with Gasteiger partial charge in [0.15, 0.2) is 0 Å². The topological polar surface area (TPSA) is 18.5 Å². The Morgan fingerprint density at radius 1 is 0.816 bits per heavy atom. The van der Waals surface area contributed by atoms with E-state index in [2.05, 4.69) is 11.7 Å². The molecule has 0 heterocycles. The monoisotopic (exact) mass is 528 g/mol. The van der Waals surface area contributed by atoms with E-state index in [1.165, 1.54) is 87.4 Å².